The predicted molar refractivity (Wildman–Crippen MR) is 103 cm³/mol. The highest BCUT2D eigenvalue weighted by Gasteiger charge is 2.24. The van der Waals surface area contributed by atoms with Gasteiger partial charge in [-0.25, -0.2) is 0 Å². The zero-order valence-corrected chi connectivity index (χ0v) is 15.9. The highest BCUT2D eigenvalue weighted by molar-refractivity contribution is 5.45. The van der Waals surface area contributed by atoms with Crippen LogP contribution in [-0.4, -0.2) is 24.2 Å². The second kappa shape index (κ2) is 8.29. The van der Waals surface area contributed by atoms with Crippen LogP contribution in [-0.2, 0) is 6.42 Å². The van der Waals surface area contributed by atoms with E-state index in [-0.39, 0.29) is 22.8 Å². The van der Waals surface area contributed by atoms with Crippen LogP contribution in [0, 0.1) is 17.0 Å². The summed E-state index contributed by atoms with van der Waals surface area (Å²) in [6, 6.07) is 10.9. The number of hydrogen-bond acceptors (Lipinski definition) is 5. The van der Waals surface area contributed by atoms with Crippen molar-refractivity contribution >= 4 is 5.69 Å². The summed E-state index contributed by atoms with van der Waals surface area (Å²) in [4.78, 5) is 10.8. The number of hydrogen-bond donors (Lipinski definition) is 0. The second-order valence-corrected chi connectivity index (χ2v) is 6.84. The van der Waals surface area contributed by atoms with E-state index in [2.05, 4.69) is 0 Å². The van der Waals surface area contributed by atoms with Crippen molar-refractivity contribution in [3.8, 4) is 17.2 Å². The molecule has 1 heterocycles. The number of nitro groups is 1. The van der Waals surface area contributed by atoms with E-state index < -0.39 is 0 Å². The molecule has 0 N–H and O–H groups in total. The topological polar surface area (TPSA) is 70.8 Å². The van der Waals surface area contributed by atoms with Crippen LogP contribution in [0.2, 0.25) is 0 Å². The van der Waals surface area contributed by atoms with Gasteiger partial charge in [0.2, 0.25) is 0 Å². The molecule has 144 valence electrons. The van der Waals surface area contributed by atoms with Crippen LogP contribution in [0.3, 0.4) is 0 Å². The first-order valence-corrected chi connectivity index (χ1v) is 9.25. The average Bonchev–Trinajstić information content (AvgIpc) is 2.68. The zero-order chi connectivity index (χ0) is 19.4. The number of ether oxygens (including phenoxy) is 3. The van der Waals surface area contributed by atoms with Gasteiger partial charge < -0.3 is 14.2 Å². The van der Waals surface area contributed by atoms with Gasteiger partial charge in [-0.3, -0.25) is 10.1 Å². The van der Waals surface area contributed by atoms with Crippen LogP contribution in [0.4, 0.5) is 5.69 Å². The molecule has 3 rings (SSSR count). The van der Waals surface area contributed by atoms with Gasteiger partial charge in [0.05, 0.1) is 18.1 Å². The fraction of sp³-hybridized carbons (Fsp3) is 0.429. The summed E-state index contributed by atoms with van der Waals surface area (Å²) in [6.07, 6.45) is 3.39. The average molecular weight is 371 g/mol. The van der Waals surface area contributed by atoms with E-state index in [0.717, 1.165) is 37.2 Å². The van der Waals surface area contributed by atoms with Gasteiger partial charge in [0, 0.05) is 18.1 Å². The minimum Gasteiger partial charge on any atom is -0.497 e. The number of methoxy groups -OCH3 is 1. The Hall–Kier alpha value is -2.76. The summed E-state index contributed by atoms with van der Waals surface area (Å²) in [5.41, 5.74) is 1.90. The van der Waals surface area contributed by atoms with Crippen molar-refractivity contribution in [3.05, 3.63) is 57.6 Å². The Morgan fingerprint density at radius 2 is 2.04 bits per heavy atom. The van der Waals surface area contributed by atoms with E-state index in [1.165, 1.54) is 11.6 Å². The third-order valence-electron chi connectivity index (χ3n) is 4.96. The molecule has 0 radical (unpaired) electrons. The van der Waals surface area contributed by atoms with Crippen molar-refractivity contribution in [2.45, 2.75) is 51.7 Å². The standard InChI is InChI=1S/C21H25NO5/c1-4-16(26-19-8-5-14(2)20(12-19)22(23)24)11-18-10-7-15-6-9-17(25-3)13-21(15)27-18/h5-6,8-9,12-13,16,18H,4,7,10-11H2,1-3H3. The van der Waals surface area contributed by atoms with Crippen LogP contribution in [0.5, 0.6) is 17.2 Å². The Bertz CT molecular complexity index is 820. The lowest BCUT2D eigenvalue weighted by molar-refractivity contribution is -0.385. The number of nitrogens with zero attached hydrogens (tertiary/aromatic N) is 1. The SMILES string of the molecule is CCC(CC1CCc2ccc(OC)cc2O1)Oc1ccc(C)c([N+](=O)[O-])c1. The normalized spacial score (nSPS) is 16.8. The number of rotatable bonds is 7. The van der Waals surface area contributed by atoms with Crippen molar-refractivity contribution in [1.29, 1.82) is 0 Å². The molecule has 2 atom stereocenters. The summed E-state index contributed by atoms with van der Waals surface area (Å²) in [7, 11) is 1.64. The molecular formula is C21H25NO5. The summed E-state index contributed by atoms with van der Waals surface area (Å²) in [5.74, 6) is 2.17. The molecule has 0 fully saturated rings. The molecule has 0 spiro atoms. The van der Waals surface area contributed by atoms with Crippen molar-refractivity contribution < 1.29 is 19.1 Å². The molecule has 0 aromatic heterocycles. The molecule has 0 saturated carbocycles. The van der Waals surface area contributed by atoms with E-state index >= 15 is 0 Å². The third kappa shape index (κ3) is 4.51. The minimum absolute atomic E-state index is 0.0509. The monoisotopic (exact) mass is 371 g/mol. The van der Waals surface area contributed by atoms with E-state index in [9.17, 15) is 10.1 Å². The molecular weight excluding hydrogens is 346 g/mol. The first kappa shape index (κ1) is 19.0. The molecule has 0 bridgehead atoms. The lowest BCUT2D eigenvalue weighted by atomic mass is 9.98. The Balaban J connectivity index is 1.67. The first-order chi connectivity index (χ1) is 13.0. The fourth-order valence-electron chi connectivity index (χ4n) is 3.34. The highest BCUT2D eigenvalue weighted by Crippen LogP contribution is 2.33. The van der Waals surface area contributed by atoms with Crippen molar-refractivity contribution in [1.82, 2.24) is 0 Å². The minimum atomic E-state index is -0.377. The van der Waals surface area contributed by atoms with Gasteiger partial charge in [-0.2, -0.15) is 0 Å². The Morgan fingerprint density at radius 3 is 2.74 bits per heavy atom. The lowest BCUT2D eigenvalue weighted by Crippen LogP contribution is -2.30. The van der Waals surface area contributed by atoms with Gasteiger partial charge >= 0.3 is 0 Å². The largest absolute Gasteiger partial charge is 0.497 e. The van der Waals surface area contributed by atoms with E-state index in [4.69, 9.17) is 14.2 Å². The lowest BCUT2D eigenvalue weighted by Gasteiger charge is -2.29. The van der Waals surface area contributed by atoms with E-state index in [1.54, 1.807) is 26.2 Å². The van der Waals surface area contributed by atoms with Gasteiger partial charge in [-0.1, -0.05) is 13.0 Å². The first-order valence-electron chi connectivity index (χ1n) is 9.25. The number of benzene rings is 2. The Morgan fingerprint density at radius 1 is 1.26 bits per heavy atom. The van der Waals surface area contributed by atoms with Crippen LogP contribution in [0.25, 0.3) is 0 Å². The summed E-state index contributed by atoms with van der Waals surface area (Å²) in [6.45, 7) is 3.77. The second-order valence-electron chi connectivity index (χ2n) is 6.84. The summed E-state index contributed by atoms with van der Waals surface area (Å²) in [5, 5.41) is 11.1. The zero-order valence-electron chi connectivity index (χ0n) is 15.9. The Labute approximate surface area is 159 Å². The predicted octanol–water partition coefficient (Wildman–Crippen LogP) is 4.85. The van der Waals surface area contributed by atoms with Gasteiger partial charge in [0.15, 0.2) is 0 Å². The molecule has 6 nitrogen and oxygen atoms in total. The molecule has 1 aliphatic rings. The molecule has 2 unspecified atom stereocenters. The van der Waals surface area contributed by atoms with E-state index in [0.29, 0.717) is 11.3 Å². The number of nitro benzene ring substituents is 1. The third-order valence-corrected chi connectivity index (χ3v) is 4.96. The van der Waals surface area contributed by atoms with Crippen LogP contribution in [0.1, 0.15) is 37.3 Å². The molecule has 0 saturated heterocycles. The van der Waals surface area contributed by atoms with Gasteiger partial charge in [-0.15, -0.1) is 0 Å². The number of fused-ring (bicyclic) bond motifs is 1. The van der Waals surface area contributed by atoms with Crippen molar-refractivity contribution in [3.63, 3.8) is 0 Å². The maximum Gasteiger partial charge on any atom is 0.276 e. The smallest absolute Gasteiger partial charge is 0.276 e. The van der Waals surface area contributed by atoms with E-state index in [1.807, 2.05) is 25.1 Å². The van der Waals surface area contributed by atoms with Crippen LogP contribution >= 0.6 is 0 Å². The van der Waals surface area contributed by atoms with Crippen molar-refractivity contribution in [2.75, 3.05) is 7.11 Å². The maximum absolute atomic E-state index is 11.1. The summed E-state index contributed by atoms with van der Waals surface area (Å²) >= 11 is 0. The molecule has 0 amide bonds. The number of aryl methyl sites for hydroxylation is 2. The fourth-order valence-corrected chi connectivity index (χ4v) is 3.34. The van der Waals surface area contributed by atoms with Gasteiger partial charge in [0.25, 0.3) is 5.69 Å². The van der Waals surface area contributed by atoms with Crippen LogP contribution < -0.4 is 14.2 Å². The molecule has 0 aliphatic carbocycles. The summed E-state index contributed by atoms with van der Waals surface area (Å²) < 4.78 is 17.5. The molecule has 6 heteroatoms. The maximum atomic E-state index is 11.1. The quantitative estimate of drug-likeness (QED) is 0.514. The highest BCUT2D eigenvalue weighted by atomic mass is 16.6. The molecule has 2 aromatic carbocycles. The molecule has 27 heavy (non-hydrogen) atoms. The van der Waals surface area contributed by atoms with Gasteiger partial charge in [-0.05, 0) is 49.9 Å². The molecule has 1 aliphatic heterocycles. The van der Waals surface area contributed by atoms with Gasteiger partial charge in [0.1, 0.15) is 29.5 Å². The van der Waals surface area contributed by atoms with Crippen LogP contribution in [0.15, 0.2) is 36.4 Å². The Kier molecular flexibility index (Phi) is 5.84. The van der Waals surface area contributed by atoms with Crippen molar-refractivity contribution in [2.24, 2.45) is 0 Å². The molecule has 2 aromatic rings.